The van der Waals surface area contributed by atoms with Crippen molar-refractivity contribution in [3.05, 3.63) is 101 Å². The SMILES string of the molecule is NCC(Nc1ccccc1)(c1ccccc1)c1cccc(Br)c1. The van der Waals surface area contributed by atoms with Gasteiger partial charge in [0.05, 0.1) is 0 Å². The molecule has 3 aromatic carbocycles. The number of hydrogen-bond acceptors (Lipinski definition) is 2. The Morgan fingerprint density at radius 2 is 1.39 bits per heavy atom. The molecule has 0 saturated carbocycles. The van der Waals surface area contributed by atoms with Gasteiger partial charge in [-0.2, -0.15) is 0 Å². The summed E-state index contributed by atoms with van der Waals surface area (Å²) >= 11 is 3.57. The Bertz CT molecular complexity index is 759. The molecule has 3 N–H and O–H groups in total. The van der Waals surface area contributed by atoms with Crippen molar-refractivity contribution in [1.82, 2.24) is 0 Å². The molecule has 0 saturated heterocycles. The van der Waals surface area contributed by atoms with E-state index in [1.54, 1.807) is 0 Å². The fourth-order valence-corrected chi connectivity index (χ4v) is 3.24. The highest BCUT2D eigenvalue weighted by molar-refractivity contribution is 9.10. The Labute approximate surface area is 145 Å². The highest BCUT2D eigenvalue weighted by atomic mass is 79.9. The smallest absolute Gasteiger partial charge is 0.100 e. The molecule has 0 amide bonds. The van der Waals surface area contributed by atoms with Crippen LogP contribution in [0.5, 0.6) is 0 Å². The first-order valence-electron chi connectivity index (χ1n) is 7.59. The molecule has 0 heterocycles. The summed E-state index contributed by atoms with van der Waals surface area (Å²) in [4.78, 5) is 0. The fraction of sp³-hybridized carbons (Fsp3) is 0.100. The van der Waals surface area contributed by atoms with Gasteiger partial charge in [0.1, 0.15) is 5.54 Å². The summed E-state index contributed by atoms with van der Waals surface area (Å²) in [5.41, 5.74) is 9.13. The maximum absolute atomic E-state index is 6.29. The molecule has 116 valence electrons. The number of benzene rings is 3. The van der Waals surface area contributed by atoms with E-state index >= 15 is 0 Å². The van der Waals surface area contributed by atoms with E-state index in [9.17, 15) is 0 Å². The van der Waals surface area contributed by atoms with Crippen LogP contribution in [-0.4, -0.2) is 6.54 Å². The van der Waals surface area contributed by atoms with Crippen molar-refractivity contribution in [1.29, 1.82) is 0 Å². The highest BCUT2D eigenvalue weighted by Gasteiger charge is 2.33. The molecule has 3 rings (SSSR count). The predicted octanol–water partition coefficient (Wildman–Crippen LogP) is 4.76. The fourth-order valence-electron chi connectivity index (χ4n) is 2.84. The molecule has 0 spiro atoms. The minimum Gasteiger partial charge on any atom is -0.371 e. The molecule has 0 bridgehead atoms. The van der Waals surface area contributed by atoms with Gasteiger partial charge in [-0.25, -0.2) is 0 Å². The van der Waals surface area contributed by atoms with Crippen molar-refractivity contribution >= 4 is 21.6 Å². The van der Waals surface area contributed by atoms with E-state index < -0.39 is 5.54 Å². The molecule has 1 atom stereocenters. The van der Waals surface area contributed by atoms with Gasteiger partial charge in [0.25, 0.3) is 0 Å². The molecule has 23 heavy (non-hydrogen) atoms. The summed E-state index contributed by atoms with van der Waals surface area (Å²) in [5.74, 6) is 0. The number of anilines is 1. The van der Waals surface area contributed by atoms with Crippen LogP contribution in [-0.2, 0) is 5.54 Å². The molecule has 0 radical (unpaired) electrons. The van der Waals surface area contributed by atoms with Crippen molar-refractivity contribution < 1.29 is 0 Å². The third-order valence-corrected chi connectivity index (χ3v) is 4.51. The molecule has 0 fully saturated rings. The standard InChI is InChI=1S/C20H19BrN2/c21-18-11-7-10-17(14-18)20(15-22,16-8-3-1-4-9-16)23-19-12-5-2-6-13-19/h1-14,23H,15,22H2. The van der Waals surface area contributed by atoms with Crippen molar-refractivity contribution in [2.24, 2.45) is 5.73 Å². The molecular formula is C20H19BrN2. The minimum atomic E-state index is -0.480. The van der Waals surface area contributed by atoms with E-state index in [1.807, 2.05) is 48.5 Å². The number of nitrogens with two attached hydrogens (primary N) is 1. The van der Waals surface area contributed by atoms with Crippen LogP contribution < -0.4 is 11.1 Å². The third kappa shape index (κ3) is 3.31. The van der Waals surface area contributed by atoms with Crippen molar-refractivity contribution in [3.63, 3.8) is 0 Å². The average Bonchev–Trinajstić information content (AvgIpc) is 2.61. The molecule has 0 aliphatic heterocycles. The molecule has 3 aromatic rings. The lowest BCUT2D eigenvalue weighted by Gasteiger charge is -2.36. The molecule has 0 aromatic heterocycles. The normalized spacial score (nSPS) is 13.3. The summed E-state index contributed by atoms with van der Waals surface area (Å²) in [6.07, 6.45) is 0. The molecule has 3 heteroatoms. The topological polar surface area (TPSA) is 38.0 Å². The zero-order valence-electron chi connectivity index (χ0n) is 12.7. The van der Waals surface area contributed by atoms with E-state index in [0.717, 1.165) is 21.3 Å². The van der Waals surface area contributed by atoms with Crippen LogP contribution in [0, 0.1) is 0 Å². The van der Waals surface area contributed by atoms with Crippen LogP contribution in [0.3, 0.4) is 0 Å². The number of para-hydroxylation sites is 1. The van der Waals surface area contributed by atoms with Crippen molar-refractivity contribution in [2.75, 3.05) is 11.9 Å². The van der Waals surface area contributed by atoms with E-state index in [0.29, 0.717) is 6.54 Å². The van der Waals surface area contributed by atoms with E-state index in [2.05, 4.69) is 57.6 Å². The predicted molar refractivity (Wildman–Crippen MR) is 100 cm³/mol. The van der Waals surface area contributed by atoms with E-state index in [1.165, 1.54) is 0 Å². The quantitative estimate of drug-likeness (QED) is 0.682. The second kappa shape index (κ2) is 6.99. The van der Waals surface area contributed by atoms with Crippen molar-refractivity contribution in [3.8, 4) is 0 Å². The first kappa shape index (κ1) is 15.8. The Morgan fingerprint density at radius 3 is 2.00 bits per heavy atom. The van der Waals surface area contributed by atoms with Crippen LogP contribution in [0.4, 0.5) is 5.69 Å². The average molecular weight is 367 g/mol. The van der Waals surface area contributed by atoms with Crippen LogP contribution in [0.15, 0.2) is 89.4 Å². The first-order valence-corrected chi connectivity index (χ1v) is 8.39. The van der Waals surface area contributed by atoms with Crippen LogP contribution >= 0.6 is 15.9 Å². The van der Waals surface area contributed by atoms with Crippen LogP contribution in [0.1, 0.15) is 11.1 Å². The third-order valence-electron chi connectivity index (χ3n) is 4.02. The lowest BCUT2D eigenvalue weighted by atomic mass is 9.82. The summed E-state index contributed by atoms with van der Waals surface area (Å²) < 4.78 is 1.04. The van der Waals surface area contributed by atoms with Gasteiger partial charge >= 0.3 is 0 Å². The number of hydrogen-bond donors (Lipinski definition) is 2. The van der Waals surface area contributed by atoms with Gasteiger partial charge < -0.3 is 11.1 Å². The van der Waals surface area contributed by atoms with E-state index in [4.69, 9.17) is 5.73 Å². The monoisotopic (exact) mass is 366 g/mol. The summed E-state index contributed by atoms with van der Waals surface area (Å²) in [6.45, 7) is 0.447. The van der Waals surface area contributed by atoms with Crippen LogP contribution in [0.25, 0.3) is 0 Å². The highest BCUT2D eigenvalue weighted by Crippen LogP contribution is 2.34. The Hall–Kier alpha value is -2.10. The Morgan fingerprint density at radius 1 is 0.783 bits per heavy atom. The zero-order valence-corrected chi connectivity index (χ0v) is 14.3. The number of rotatable bonds is 5. The lowest BCUT2D eigenvalue weighted by molar-refractivity contribution is 0.601. The lowest BCUT2D eigenvalue weighted by Crippen LogP contribution is -2.43. The molecular weight excluding hydrogens is 348 g/mol. The number of nitrogens with one attached hydrogen (secondary N) is 1. The molecule has 0 aliphatic carbocycles. The Kier molecular flexibility index (Phi) is 4.79. The van der Waals surface area contributed by atoms with Gasteiger partial charge in [-0.3, -0.25) is 0 Å². The summed E-state index contributed by atoms with van der Waals surface area (Å²) in [6, 6.07) is 28.8. The maximum Gasteiger partial charge on any atom is 0.100 e. The Balaban J connectivity index is 2.15. The first-order chi connectivity index (χ1) is 11.2. The van der Waals surface area contributed by atoms with Gasteiger partial charge in [-0.15, -0.1) is 0 Å². The summed E-state index contributed by atoms with van der Waals surface area (Å²) in [7, 11) is 0. The largest absolute Gasteiger partial charge is 0.371 e. The van der Waals surface area contributed by atoms with Crippen molar-refractivity contribution in [2.45, 2.75) is 5.54 Å². The van der Waals surface area contributed by atoms with Gasteiger partial charge in [0.15, 0.2) is 0 Å². The van der Waals surface area contributed by atoms with Crippen LogP contribution in [0.2, 0.25) is 0 Å². The van der Waals surface area contributed by atoms with E-state index in [-0.39, 0.29) is 0 Å². The maximum atomic E-state index is 6.29. The zero-order chi connectivity index (χ0) is 16.1. The summed E-state index contributed by atoms with van der Waals surface area (Å²) in [5, 5.41) is 3.66. The minimum absolute atomic E-state index is 0.447. The van der Waals surface area contributed by atoms with Gasteiger partial charge in [0, 0.05) is 16.7 Å². The number of halogens is 1. The molecule has 1 unspecified atom stereocenters. The molecule has 2 nitrogen and oxygen atoms in total. The second-order valence-corrected chi connectivity index (χ2v) is 6.39. The van der Waals surface area contributed by atoms with Gasteiger partial charge in [-0.1, -0.05) is 76.6 Å². The van der Waals surface area contributed by atoms with Gasteiger partial charge in [-0.05, 0) is 35.4 Å². The molecule has 0 aliphatic rings. The second-order valence-electron chi connectivity index (χ2n) is 5.48. The van der Waals surface area contributed by atoms with Gasteiger partial charge in [0.2, 0.25) is 0 Å².